The summed E-state index contributed by atoms with van der Waals surface area (Å²) in [5.41, 5.74) is 2.60. The van der Waals surface area contributed by atoms with E-state index in [1.807, 2.05) is 6.07 Å². The summed E-state index contributed by atoms with van der Waals surface area (Å²) in [4.78, 5) is 0. The van der Waals surface area contributed by atoms with Crippen LogP contribution in [-0.4, -0.2) is 17.3 Å². The van der Waals surface area contributed by atoms with Crippen LogP contribution in [0.4, 0.5) is 0 Å². The summed E-state index contributed by atoms with van der Waals surface area (Å²) in [6.07, 6.45) is 5.29. The Bertz CT molecular complexity index is 651. The van der Waals surface area contributed by atoms with Crippen LogP contribution in [-0.2, 0) is 11.2 Å². The first-order valence-electron chi connectivity index (χ1n) is 5.84. The number of epoxide rings is 1. The predicted octanol–water partition coefficient (Wildman–Crippen LogP) is 2.88. The fraction of sp³-hybridized carbons (Fsp3) is 0.200. The Morgan fingerprint density at radius 1 is 1.18 bits per heavy atom. The number of ether oxygens (including phenoxy) is 1. The molecular weight excluding hydrogens is 212 g/mol. The zero-order chi connectivity index (χ0) is 11.5. The highest BCUT2D eigenvalue weighted by molar-refractivity contribution is 5.93. The third-order valence-corrected chi connectivity index (χ3v) is 3.69. The molecule has 1 saturated heterocycles. The van der Waals surface area contributed by atoms with Gasteiger partial charge in [0, 0.05) is 6.42 Å². The molecule has 1 N–H and O–H groups in total. The van der Waals surface area contributed by atoms with Gasteiger partial charge >= 0.3 is 0 Å². The number of aromatic hydroxyl groups is 1. The highest BCUT2D eigenvalue weighted by Crippen LogP contribution is 2.40. The van der Waals surface area contributed by atoms with E-state index in [-0.39, 0.29) is 5.60 Å². The van der Waals surface area contributed by atoms with Crippen LogP contribution in [0.25, 0.3) is 16.8 Å². The van der Waals surface area contributed by atoms with Crippen molar-refractivity contribution in [2.75, 3.05) is 6.61 Å². The zero-order valence-electron chi connectivity index (χ0n) is 9.31. The summed E-state index contributed by atoms with van der Waals surface area (Å²) in [5.74, 6) is 0.319. The monoisotopic (exact) mass is 224 g/mol. The predicted molar refractivity (Wildman–Crippen MR) is 67.0 cm³/mol. The molecule has 1 unspecified atom stereocenters. The fourth-order valence-electron chi connectivity index (χ4n) is 2.64. The molecule has 84 valence electrons. The highest BCUT2D eigenvalue weighted by Gasteiger charge is 2.44. The van der Waals surface area contributed by atoms with Gasteiger partial charge in [-0.3, -0.25) is 0 Å². The van der Waals surface area contributed by atoms with Crippen LogP contribution in [0.5, 0.6) is 5.75 Å². The van der Waals surface area contributed by atoms with Crippen LogP contribution in [0.15, 0.2) is 36.4 Å². The molecule has 0 radical (unpaired) electrons. The third-order valence-electron chi connectivity index (χ3n) is 3.69. The molecule has 1 atom stereocenters. The number of hydrogen-bond donors (Lipinski definition) is 1. The Labute approximate surface area is 99.1 Å². The van der Waals surface area contributed by atoms with Crippen molar-refractivity contribution < 1.29 is 9.84 Å². The van der Waals surface area contributed by atoms with E-state index in [0.717, 1.165) is 18.4 Å². The number of phenolic OH excluding ortho intramolecular Hbond substituents is 1. The minimum Gasteiger partial charge on any atom is -0.508 e. The zero-order valence-corrected chi connectivity index (χ0v) is 9.31. The topological polar surface area (TPSA) is 32.8 Å². The molecule has 2 heteroatoms. The van der Waals surface area contributed by atoms with Crippen LogP contribution in [0, 0.1) is 0 Å². The molecule has 0 amide bonds. The Kier molecular flexibility index (Phi) is 1.58. The van der Waals surface area contributed by atoms with Gasteiger partial charge in [-0.05, 0) is 40.1 Å². The molecule has 1 spiro atoms. The average Bonchev–Trinajstić information content (AvgIpc) is 3.08. The van der Waals surface area contributed by atoms with Crippen molar-refractivity contribution in [2.24, 2.45) is 0 Å². The number of hydrogen-bond acceptors (Lipinski definition) is 2. The van der Waals surface area contributed by atoms with E-state index in [9.17, 15) is 5.11 Å². The van der Waals surface area contributed by atoms with Gasteiger partial charge < -0.3 is 9.84 Å². The SMILES string of the molecule is Oc1ccc2c3c(ccc2c1)CC1(C=C3)CO1. The van der Waals surface area contributed by atoms with Crippen LogP contribution in [0.1, 0.15) is 11.1 Å². The molecule has 2 aromatic rings. The second-order valence-electron chi connectivity index (χ2n) is 4.91. The van der Waals surface area contributed by atoms with Gasteiger partial charge in [-0.2, -0.15) is 0 Å². The molecule has 1 aliphatic heterocycles. The van der Waals surface area contributed by atoms with Crippen molar-refractivity contribution in [1.29, 1.82) is 0 Å². The summed E-state index contributed by atoms with van der Waals surface area (Å²) in [7, 11) is 0. The first-order valence-corrected chi connectivity index (χ1v) is 5.84. The van der Waals surface area contributed by atoms with Gasteiger partial charge in [-0.25, -0.2) is 0 Å². The number of phenols is 1. The average molecular weight is 224 g/mol. The van der Waals surface area contributed by atoms with Crippen LogP contribution >= 0.6 is 0 Å². The van der Waals surface area contributed by atoms with Gasteiger partial charge in [0.1, 0.15) is 11.4 Å². The van der Waals surface area contributed by atoms with Gasteiger partial charge in [0.15, 0.2) is 0 Å². The van der Waals surface area contributed by atoms with E-state index in [1.165, 1.54) is 16.5 Å². The maximum absolute atomic E-state index is 9.49. The molecule has 1 fully saturated rings. The Balaban J connectivity index is 1.98. The molecule has 0 bridgehead atoms. The summed E-state index contributed by atoms with van der Waals surface area (Å²) >= 11 is 0. The van der Waals surface area contributed by atoms with Gasteiger partial charge in [0.05, 0.1) is 6.61 Å². The van der Waals surface area contributed by atoms with E-state index >= 15 is 0 Å². The standard InChI is InChI=1S/C15H12O2/c16-12-3-4-13-10(7-12)1-2-11-8-15(9-17-15)6-5-14(11)13/h1-7,16H,8-9H2. The lowest BCUT2D eigenvalue weighted by Crippen LogP contribution is -2.15. The van der Waals surface area contributed by atoms with Crippen LogP contribution in [0.3, 0.4) is 0 Å². The van der Waals surface area contributed by atoms with Crippen molar-refractivity contribution in [3.05, 3.63) is 47.5 Å². The number of fused-ring (bicyclic) bond motifs is 3. The lowest BCUT2D eigenvalue weighted by Gasteiger charge is -2.17. The van der Waals surface area contributed by atoms with Crippen molar-refractivity contribution in [1.82, 2.24) is 0 Å². The molecule has 17 heavy (non-hydrogen) atoms. The Morgan fingerprint density at radius 3 is 2.88 bits per heavy atom. The first-order chi connectivity index (χ1) is 8.26. The van der Waals surface area contributed by atoms with Crippen LogP contribution in [0.2, 0.25) is 0 Å². The highest BCUT2D eigenvalue weighted by atomic mass is 16.6. The summed E-state index contributed by atoms with van der Waals surface area (Å²) in [6.45, 7) is 0.844. The number of rotatable bonds is 0. The van der Waals surface area contributed by atoms with Crippen LogP contribution < -0.4 is 0 Å². The fourth-order valence-corrected chi connectivity index (χ4v) is 2.64. The molecule has 2 aromatic carbocycles. The van der Waals surface area contributed by atoms with E-state index in [1.54, 1.807) is 12.1 Å². The van der Waals surface area contributed by atoms with Gasteiger partial charge in [-0.1, -0.05) is 24.3 Å². The maximum atomic E-state index is 9.49. The van der Waals surface area contributed by atoms with Crippen molar-refractivity contribution in [3.8, 4) is 5.75 Å². The first kappa shape index (κ1) is 9.25. The molecule has 0 saturated carbocycles. The molecule has 2 aliphatic rings. The summed E-state index contributed by atoms with van der Waals surface area (Å²) in [5, 5.41) is 11.8. The third kappa shape index (κ3) is 1.31. The van der Waals surface area contributed by atoms with Crippen molar-refractivity contribution in [3.63, 3.8) is 0 Å². The van der Waals surface area contributed by atoms with E-state index in [4.69, 9.17) is 4.74 Å². The summed E-state index contributed by atoms with van der Waals surface area (Å²) in [6, 6.07) is 9.75. The smallest absolute Gasteiger partial charge is 0.116 e. The minimum absolute atomic E-state index is 0.00239. The molecule has 0 aromatic heterocycles. The minimum atomic E-state index is -0.00239. The Hall–Kier alpha value is -1.80. The van der Waals surface area contributed by atoms with Gasteiger partial charge in [-0.15, -0.1) is 0 Å². The molecule has 1 aliphatic carbocycles. The second kappa shape index (κ2) is 2.90. The quantitative estimate of drug-likeness (QED) is 0.698. The van der Waals surface area contributed by atoms with Gasteiger partial charge in [0.2, 0.25) is 0 Å². The normalized spacial score (nSPS) is 25.2. The molecule has 4 rings (SSSR count). The lowest BCUT2D eigenvalue weighted by atomic mass is 9.87. The van der Waals surface area contributed by atoms with E-state index in [2.05, 4.69) is 24.3 Å². The van der Waals surface area contributed by atoms with Crippen molar-refractivity contribution >= 4 is 16.8 Å². The van der Waals surface area contributed by atoms with Gasteiger partial charge in [0.25, 0.3) is 0 Å². The molecule has 2 nitrogen and oxygen atoms in total. The largest absolute Gasteiger partial charge is 0.508 e. The van der Waals surface area contributed by atoms with E-state index in [0.29, 0.717) is 5.75 Å². The Morgan fingerprint density at radius 2 is 2.06 bits per heavy atom. The van der Waals surface area contributed by atoms with Crippen molar-refractivity contribution in [2.45, 2.75) is 12.0 Å². The molecular formula is C15H12O2. The molecule has 1 heterocycles. The summed E-state index contributed by atoms with van der Waals surface area (Å²) < 4.78 is 5.50. The van der Waals surface area contributed by atoms with E-state index < -0.39 is 0 Å². The second-order valence-corrected chi connectivity index (χ2v) is 4.91. The maximum Gasteiger partial charge on any atom is 0.116 e. The number of benzene rings is 2. The lowest BCUT2D eigenvalue weighted by molar-refractivity contribution is 0.349.